The molecule has 0 saturated heterocycles. The topological polar surface area (TPSA) is 26.9 Å². The second kappa shape index (κ2) is 3.88. The largest absolute Gasteiger partial charge is 0.333 e. The molecule has 0 bridgehead atoms. The van der Waals surface area contributed by atoms with Gasteiger partial charge < -0.3 is 0 Å². The molecule has 0 atom stereocenters. The number of benzene rings is 2. The van der Waals surface area contributed by atoms with Crippen LogP contribution in [0.3, 0.4) is 0 Å². The molecule has 0 amide bonds. The summed E-state index contributed by atoms with van der Waals surface area (Å²) in [5, 5.41) is 0. The minimum Gasteiger partial charge on any atom is -0.295 e. The van der Waals surface area contributed by atoms with Crippen LogP contribution in [0.1, 0.15) is 5.56 Å². The molecule has 0 aliphatic heterocycles. The van der Waals surface area contributed by atoms with E-state index in [1.54, 1.807) is 16.2 Å². The number of aryl methyl sites for hydroxylation is 2. The highest BCUT2D eigenvalue weighted by molar-refractivity contribution is 5.77. The Morgan fingerprint density at radius 1 is 0.889 bits per heavy atom. The minimum atomic E-state index is -0.0138. The quantitative estimate of drug-likeness (QED) is 0.640. The van der Waals surface area contributed by atoms with Crippen molar-refractivity contribution >= 4 is 11.0 Å². The van der Waals surface area contributed by atoms with Crippen LogP contribution in [0.25, 0.3) is 16.7 Å². The van der Waals surface area contributed by atoms with Gasteiger partial charge in [0.15, 0.2) is 0 Å². The van der Waals surface area contributed by atoms with Gasteiger partial charge in [-0.15, -0.1) is 0 Å². The van der Waals surface area contributed by atoms with E-state index in [1.165, 1.54) is 5.56 Å². The molecule has 18 heavy (non-hydrogen) atoms. The molecule has 0 saturated carbocycles. The number of hydrogen-bond donors (Lipinski definition) is 0. The number of fused-ring (bicyclic) bond motifs is 1. The van der Waals surface area contributed by atoms with E-state index in [-0.39, 0.29) is 5.69 Å². The van der Waals surface area contributed by atoms with Crippen molar-refractivity contribution in [3.05, 3.63) is 64.6 Å². The fraction of sp³-hybridized carbons (Fsp3) is 0.133. The van der Waals surface area contributed by atoms with Crippen molar-refractivity contribution < 1.29 is 0 Å². The van der Waals surface area contributed by atoms with Crippen molar-refractivity contribution in [2.45, 2.75) is 6.92 Å². The molecule has 2 aromatic carbocycles. The molecule has 90 valence electrons. The van der Waals surface area contributed by atoms with Crippen LogP contribution in [0.2, 0.25) is 0 Å². The summed E-state index contributed by atoms with van der Waals surface area (Å²) in [5.41, 5.74) is 3.96. The Morgan fingerprint density at radius 3 is 2.17 bits per heavy atom. The highest BCUT2D eigenvalue weighted by Crippen LogP contribution is 2.16. The Balaban J connectivity index is 2.39. The van der Waals surface area contributed by atoms with E-state index >= 15 is 0 Å². The van der Waals surface area contributed by atoms with Crippen LogP contribution in [-0.4, -0.2) is 9.13 Å². The molecular weight excluding hydrogens is 224 g/mol. The molecule has 3 nitrogen and oxygen atoms in total. The monoisotopic (exact) mass is 238 g/mol. The summed E-state index contributed by atoms with van der Waals surface area (Å²) in [5.74, 6) is 0. The van der Waals surface area contributed by atoms with Crippen LogP contribution < -0.4 is 5.69 Å². The van der Waals surface area contributed by atoms with E-state index in [1.807, 2.05) is 55.5 Å². The summed E-state index contributed by atoms with van der Waals surface area (Å²) in [6.45, 7) is 2.04. The van der Waals surface area contributed by atoms with Gasteiger partial charge in [0.2, 0.25) is 0 Å². The first-order valence-corrected chi connectivity index (χ1v) is 5.92. The predicted octanol–water partition coefficient (Wildman–Crippen LogP) is 2.64. The highest BCUT2D eigenvalue weighted by Gasteiger charge is 2.10. The summed E-state index contributed by atoms with van der Waals surface area (Å²) < 4.78 is 3.42. The first-order chi connectivity index (χ1) is 8.68. The number of nitrogens with zero attached hydrogens (tertiary/aromatic N) is 2. The van der Waals surface area contributed by atoms with Crippen LogP contribution in [0.5, 0.6) is 0 Å². The second-order valence-corrected chi connectivity index (χ2v) is 4.50. The molecule has 3 rings (SSSR count). The highest BCUT2D eigenvalue weighted by atomic mass is 16.1. The van der Waals surface area contributed by atoms with Gasteiger partial charge in [0.25, 0.3) is 0 Å². The van der Waals surface area contributed by atoms with Crippen molar-refractivity contribution in [1.29, 1.82) is 0 Å². The smallest absolute Gasteiger partial charge is 0.295 e. The maximum absolute atomic E-state index is 12.3. The van der Waals surface area contributed by atoms with Gasteiger partial charge in [0.05, 0.1) is 16.7 Å². The third kappa shape index (κ3) is 1.48. The lowest BCUT2D eigenvalue weighted by Gasteiger charge is -2.03. The lowest BCUT2D eigenvalue weighted by atomic mass is 10.2. The molecule has 0 spiro atoms. The van der Waals surface area contributed by atoms with Crippen LogP contribution in [0.4, 0.5) is 0 Å². The number of hydrogen-bond acceptors (Lipinski definition) is 1. The SMILES string of the molecule is Cc1ccc(-n2c(=O)n(C)c3ccccc32)cc1. The fourth-order valence-electron chi connectivity index (χ4n) is 2.24. The van der Waals surface area contributed by atoms with Crippen molar-refractivity contribution in [2.24, 2.45) is 7.05 Å². The Hall–Kier alpha value is -2.29. The average molecular weight is 238 g/mol. The van der Waals surface area contributed by atoms with E-state index < -0.39 is 0 Å². The molecule has 0 fully saturated rings. The molecule has 3 heteroatoms. The normalized spacial score (nSPS) is 11.0. The minimum absolute atomic E-state index is 0.0138. The summed E-state index contributed by atoms with van der Waals surface area (Å²) in [7, 11) is 1.80. The molecule has 0 aliphatic carbocycles. The number of aromatic nitrogens is 2. The molecule has 0 N–H and O–H groups in total. The maximum atomic E-state index is 12.3. The van der Waals surface area contributed by atoms with Gasteiger partial charge in [-0.3, -0.25) is 9.13 Å². The van der Waals surface area contributed by atoms with Crippen molar-refractivity contribution in [2.75, 3.05) is 0 Å². The van der Waals surface area contributed by atoms with Gasteiger partial charge >= 0.3 is 5.69 Å². The summed E-state index contributed by atoms with van der Waals surface area (Å²) in [6.07, 6.45) is 0. The van der Waals surface area contributed by atoms with Crippen LogP contribution in [-0.2, 0) is 7.05 Å². The van der Waals surface area contributed by atoms with Gasteiger partial charge in [-0.1, -0.05) is 29.8 Å². The van der Waals surface area contributed by atoms with Crippen LogP contribution in [0.15, 0.2) is 53.3 Å². The van der Waals surface area contributed by atoms with Crippen molar-refractivity contribution in [3.8, 4) is 5.69 Å². The van der Waals surface area contributed by atoms with E-state index in [4.69, 9.17) is 0 Å². The molecule has 0 unspecified atom stereocenters. The summed E-state index contributed by atoms with van der Waals surface area (Å²) in [4.78, 5) is 12.3. The number of imidazole rings is 1. The van der Waals surface area contributed by atoms with E-state index in [0.29, 0.717) is 0 Å². The lowest BCUT2D eigenvalue weighted by Crippen LogP contribution is -2.20. The molecular formula is C15H14N2O. The third-order valence-corrected chi connectivity index (χ3v) is 3.25. The predicted molar refractivity (Wildman–Crippen MR) is 73.3 cm³/mol. The van der Waals surface area contributed by atoms with Gasteiger partial charge in [-0.2, -0.15) is 0 Å². The molecule has 1 heterocycles. The van der Waals surface area contributed by atoms with Crippen molar-refractivity contribution in [3.63, 3.8) is 0 Å². The van der Waals surface area contributed by atoms with Gasteiger partial charge in [-0.05, 0) is 31.2 Å². The Kier molecular flexibility index (Phi) is 2.33. The molecule has 1 aromatic heterocycles. The Morgan fingerprint density at radius 2 is 1.50 bits per heavy atom. The zero-order valence-corrected chi connectivity index (χ0v) is 10.4. The van der Waals surface area contributed by atoms with Crippen LogP contribution >= 0.6 is 0 Å². The lowest BCUT2D eigenvalue weighted by molar-refractivity contribution is 0.846. The number of rotatable bonds is 1. The van der Waals surface area contributed by atoms with Gasteiger partial charge in [-0.25, -0.2) is 4.79 Å². The zero-order valence-electron chi connectivity index (χ0n) is 10.4. The van der Waals surface area contributed by atoms with Crippen molar-refractivity contribution in [1.82, 2.24) is 9.13 Å². The summed E-state index contributed by atoms with van der Waals surface area (Å²) >= 11 is 0. The molecule has 3 aromatic rings. The van der Waals surface area contributed by atoms with E-state index in [2.05, 4.69) is 0 Å². The first kappa shape index (κ1) is 10.8. The summed E-state index contributed by atoms with van der Waals surface area (Å²) in [6, 6.07) is 15.8. The first-order valence-electron chi connectivity index (χ1n) is 5.92. The molecule has 0 radical (unpaired) electrons. The van der Waals surface area contributed by atoms with E-state index in [0.717, 1.165) is 16.7 Å². The molecule has 0 aliphatic rings. The maximum Gasteiger partial charge on any atom is 0.333 e. The third-order valence-electron chi connectivity index (χ3n) is 3.25. The Labute approximate surface area is 105 Å². The van der Waals surface area contributed by atoms with Crippen LogP contribution in [0, 0.1) is 6.92 Å². The zero-order chi connectivity index (χ0) is 12.7. The Bertz CT molecular complexity index is 763. The van der Waals surface area contributed by atoms with Gasteiger partial charge in [0.1, 0.15) is 0 Å². The van der Waals surface area contributed by atoms with E-state index in [9.17, 15) is 4.79 Å². The number of para-hydroxylation sites is 2. The van der Waals surface area contributed by atoms with Gasteiger partial charge in [0, 0.05) is 7.05 Å². The second-order valence-electron chi connectivity index (χ2n) is 4.50. The fourth-order valence-corrected chi connectivity index (χ4v) is 2.24. The standard InChI is InChI=1S/C15H14N2O/c1-11-7-9-12(10-8-11)17-14-6-4-3-5-13(14)16(2)15(17)18/h3-10H,1-2H3. The average Bonchev–Trinajstić information content (AvgIpc) is 2.64.